The van der Waals surface area contributed by atoms with Gasteiger partial charge in [0, 0.05) is 17.6 Å². The van der Waals surface area contributed by atoms with Crippen molar-refractivity contribution in [1.29, 1.82) is 0 Å². The van der Waals surface area contributed by atoms with Crippen LogP contribution in [0.2, 0.25) is 0 Å². The molecule has 2 rings (SSSR count). The van der Waals surface area contributed by atoms with Gasteiger partial charge in [-0.15, -0.1) is 0 Å². The van der Waals surface area contributed by atoms with Crippen LogP contribution in [-0.4, -0.2) is 18.2 Å². The molecule has 1 heterocycles. The molecule has 0 aliphatic carbocycles. The van der Waals surface area contributed by atoms with E-state index in [4.69, 9.17) is 0 Å². The summed E-state index contributed by atoms with van der Waals surface area (Å²) in [6.45, 7) is 4.09. The SMILES string of the molecule is C[C@@H](O)c1ccc(N2CCCCCC2)c(Br)c1. The lowest BCUT2D eigenvalue weighted by Gasteiger charge is -2.24. The van der Waals surface area contributed by atoms with Gasteiger partial charge >= 0.3 is 0 Å². The maximum Gasteiger partial charge on any atom is 0.0762 e. The van der Waals surface area contributed by atoms with Gasteiger partial charge in [-0.2, -0.15) is 0 Å². The molecule has 0 aromatic heterocycles. The van der Waals surface area contributed by atoms with Crippen LogP contribution in [0.25, 0.3) is 0 Å². The molecule has 1 atom stereocenters. The smallest absolute Gasteiger partial charge is 0.0762 e. The zero-order valence-electron chi connectivity index (χ0n) is 10.3. The van der Waals surface area contributed by atoms with E-state index in [0.29, 0.717) is 0 Å². The lowest BCUT2D eigenvalue weighted by molar-refractivity contribution is 0.199. The van der Waals surface area contributed by atoms with Crippen LogP contribution in [-0.2, 0) is 0 Å². The molecular weight excluding hydrogens is 278 g/mol. The third-order valence-corrected chi connectivity index (χ3v) is 4.04. The Bertz CT molecular complexity index is 370. The number of rotatable bonds is 2. The van der Waals surface area contributed by atoms with E-state index in [2.05, 4.69) is 26.9 Å². The molecule has 1 fully saturated rings. The molecule has 17 heavy (non-hydrogen) atoms. The zero-order chi connectivity index (χ0) is 12.3. The first kappa shape index (κ1) is 12.9. The lowest BCUT2D eigenvalue weighted by atomic mass is 10.1. The van der Waals surface area contributed by atoms with Gasteiger partial charge in [0.25, 0.3) is 0 Å². The Hall–Kier alpha value is -0.540. The standard InChI is InChI=1S/C14H20BrNO/c1-11(17)12-6-7-14(13(15)10-12)16-8-4-2-3-5-9-16/h6-7,10-11,17H,2-5,8-9H2,1H3/t11-/m1/s1. The summed E-state index contributed by atoms with van der Waals surface area (Å²) in [5, 5.41) is 9.56. The molecule has 94 valence electrons. The Morgan fingerprint density at radius 2 is 1.82 bits per heavy atom. The molecule has 0 saturated carbocycles. The predicted octanol–water partition coefficient (Wildman–Crippen LogP) is 3.88. The number of aliphatic hydroxyl groups is 1. The van der Waals surface area contributed by atoms with Crippen molar-refractivity contribution in [3.8, 4) is 0 Å². The first-order chi connectivity index (χ1) is 8.18. The molecule has 1 aliphatic heterocycles. The van der Waals surface area contributed by atoms with Crippen molar-refractivity contribution in [1.82, 2.24) is 0 Å². The fourth-order valence-corrected chi connectivity index (χ4v) is 3.00. The van der Waals surface area contributed by atoms with E-state index in [1.807, 2.05) is 12.1 Å². The van der Waals surface area contributed by atoms with Gasteiger partial charge in [0.05, 0.1) is 11.8 Å². The second kappa shape index (κ2) is 5.87. The van der Waals surface area contributed by atoms with Crippen molar-refractivity contribution in [3.05, 3.63) is 28.2 Å². The summed E-state index contributed by atoms with van der Waals surface area (Å²) >= 11 is 3.62. The second-order valence-corrected chi connectivity index (χ2v) is 5.64. The molecule has 2 nitrogen and oxygen atoms in total. The minimum atomic E-state index is -0.399. The molecule has 1 saturated heterocycles. The number of hydrogen-bond donors (Lipinski definition) is 1. The van der Waals surface area contributed by atoms with Gasteiger partial charge in [-0.05, 0) is 53.4 Å². The lowest BCUT2D eigenvalue weighted by Crippen LogP contribution is -2.24. The van der Waals surface area contributed by atoms with Crippen molar-refractivity contribution >= 4 is 21.6 Å². The molecule has 0 spiro atoms. The number of nitrogens with zero attached hydrogens (tertiary/aromatic N) is 1. The Morgan fingerprint density at radius 3 is 2.35 bits per heavy atom. The summed E-state index contributed by atoms with van der Waals surface area (Å²) in [5.41, 5.74) is 2.23. The summed E-state index contributed by atoms with van der Waals surface area (Å²) in [6, 6.07) is 6.18. The molecule has 0 radical (unpaired) electrons. The van der Waals surface area contributed by atoms with Crippen LogP contribution in [0.1, 0.15) is 44.3 Å². The number of benzene rings is 1. The van der Waals surface area contributed by atoms with Gasteiger partial charge < -0.3 is 10.0 Å². The van der Waals surface area contributed by atoms with E-state index in [-0.39, 0.29) is 0 Å². The van der Waals surface area contributed by atoms with E-state index >= 15 is 0 Å². The number of halogens is 1. The summed E-state index contributed by atoms with van der Waals surface area (Å²) in [4.78, 5) is 2.45. The van der Waals surface area contributed by atoms with Crippen molar-refractivity contribution < 1.29 is 5.11 Å². The van der Waals surface area contributed by atoms with Gasteiger partial charge in [-0.3, -0.25) is 0 Å². The largest absolute Gasteiger partial charge is 0.389 e. The van der Waals surface area contributed by atoms with Crippen LogP contribution in [0.5, 0.6) is 0 Å². The minimum Gasteiger partial charge on any atom is -0.389 e. The summed E-state index contributed by atoms with van der Waals surface area (Å²) in [7, 11) is 0. The fourth-order valence-electron chi connectivity index (χ4n) is 2.35. The highest BCUT2D eigenvalue weighted by Gasteiger charge is 2.13. The summed E-state index contributed by atoms with van der Waals surface area (Å²) < 4.78 is 1.10. The fraction of sp³-hybridized carbons (Fsp3) is 0.571. The molecule has 3 heteroatoms. The molecule has 0 bridgehead atoms. The monoisotopic (exact) mass is 297 g/mol. The van der Waals surface area contributed by atoms with Crippen molar-refractivity contribution in [2.24, 2.45) is 0 Å². The quantitative estimate of drug-likeness (QED) is 0.895. The van der Waals surface area contributed by atoms with Crippen LogP contribution < -0.4 is 4.90 Å². The van der Waals surface area contributed by atoms with Gasteiger partial charge in [0.2, 0.25) is 0 Å². The Balaban J connectivity index is 2.19. The third-order valence-electron chi connectivity index (χ3n) is 3.40. The van der Waals surface area contributed by atoms with E-state index < -0.39 is 6.10 Å². The normalized spacial score (nSPS) is 18.9. The van der Waals surface area contributed by atoms with Gasteiger partial charge in [-0.1, -0.05) is 18.9 Å². The van der Waals surface area contributed by atoms with Crippen molar-refractivity contribution in [3.63, 3.8) is 0 Å². The Kier molecular flexibility index (Phi) is 4.46. The van der Waals surface area contributed by atoms with Gasteiger partial charge in [-0.25, -0.2) is 0 Å². The zero-order valence-corrected chi connectivity index (χ0v) is 11.9. The number of hydrogen-bond acceptors (Lipinski definition) is 2. The van der Waals surface area contributed by atoms with Gasteiger partial charge in [0.15, 0.2) is 0 Å². The molecular formula is C14H20BrNO. The Labute approximate surface area is 112 Å². The van der Waals surface area contributed by atoms with Crippen LogP contribution in [0.4, 0.5) is 5.69 Å². The summed E-state index contributed by atoms with van der Waals surface area (Å²) in [6.07, 6.45) is 4.86. The Morgan fingerprint density at radius 1 is 1.18 bits per heavy atom. The molecule has 1 aliphatic rings. The highest BCUT2D eigenvalue weighted by Crippen LogP contribution is 2.30. The van der Waals surface area contributed by atoms with E-state index in [0.717, 1.165) is 23.1 Å². The average Bonchev–Trinajstić information content (AvgIpc) is 2.57. The van der Waals surface area contributed by atoms with Crippen molar-refractivity contribution in [2.45, 2.75) is 38.7 Å². The van der Waals surface area contributed by atoms with Crippen LogP contribution in [0.15, 0.2) is 22.7 Å². The topological polar surface area (TPSA) is 23.5 Å². The van der Waals surface area contributed by atoms with Crippen LogP contribution in [0.3, 0.4) is 0 Å². The number of anilines is 1. The highest BCUT2D eigenvalue weighted by molar-refractivity contribution is 9.10. The maximum atomic E-state index is 9.56. The molecule has 0 amide bonds. The molecule has 1 aromatic carbocycles. The minimum absolute atomic E-state index is 0.399. The molecule has 1 N–H and O–H groups in total. The van der Waals surface area contributed by atoms with Crippen molar-refractivity contribution in [2.75, 3.05) is 18.0 Å². The summed E-state index contributed by atoms with van der Waals surface area (Å²) in [5.74, 6) is 0. The van der Waals surface area contributed by atoms with Gasteiger partial charge in [0.1, 0.15) is 0 Å². The first-order valence-corrected chi connectivity index (χ1v) is 7.20. The van der Waals surface area contributed by atoms with E-state index in [1.54, 1.807) is 6.92 Å². The van der Waals surface area contributed by atoms with Crippen LogP contribution in [0, 0.1) is 0 Å². The second-order valence-electron chi connectivity index (χ2n) is 4.79. The molecule has 1 aromatic rings. The first-order valence-electron chi connectivity index (χ1n) is 6.41. The van der Waals surface area contributed by atoms with Crippen LogP contribution >= 0.6 is 15.9 Å². The maximum absolute atomic E-state index is 9.56. The molecule has 0 unspecified atom stereocenters. The van der Waals surface area contributed by atoms with E-state index in [9.17, 15) is 5.11 Å². The highest BCUT2D eigenvalue weighted by atomic mass is 79.9. The average molecular weight is 298 g/mol. The predicted molar refractivity (Wildman–Crippen MR) is 75.5 cm³/mol. The third kappa shape index (κ3) is 3.23. The number of aliphatic hydroxyl groups excluding tert-OH is 1. The van der Waals surface area contributed by atoms with E-state index in [1.165, 1.54) is 31.4 Å².